The zero-order chi connectivity index (χ0) is 12.7. The molecule has 0 radical (unpaired) electrons. The van der Waals surface area contributed by atoms with Crippen molar-refractivity contribution in [2.45, 2.75) is 0 Å². The molecule has 1 aromatic carbocycles. The summed E-state index contributed by atoms with van der Waals surface area (Å²) >= 11 is 7.10. The van der Waals surface area contributed by atoms with E-state index >= 15 is 0 Å². The quantitative estimate of drug-likeness (QED) is 0.744. The molecule has 3 aromatic rings. The van der Waals surface area contributed by atoms with E-state index in [1.807, 2.05) is 6.07 Å². The largest absolute Gasteiger partial charge is 0.368 e. The Morgan fingerprint density at radius 1 is 1.17 bits per heavy atom. The van der Waals surface area contributed by atoms with Crippen LogP contribution in [0.4, 0.5) is 10.3 Å². The minimum absolute atomic E-state index is 0.0427. The SMILES string of the molecule is Nc1nc(Cl)nc(-c2cc3ccc(F)cc3s2)n1. The highest BCUT2D eigenvalue weighted by Crippen LogP contribution is 2.32. The van der Waals surface area contributed by atoms with Gasteiger partial charge in [-0.3, -0.25) is 0 Å². The molecule has 0 amide bonds. The number of halogens is 2. The predicted molar refractivity (Wildman–Crippen MR) is 70.0 cm³/mol. The molecule has 0 saturated heterocycles. The molecule has 90 valence electrons. The zero-order valence-electron chi connectivity index (χ0n) is 8.89. The summed E-state index contributed by atoms with van der Waals surface area (Å²) in [6.45, 7) is 0. The molecule has 2 N–H and O–H groups in total. The van der Waals surface area contributed by atoms with Crippen molar-refractivity contribution >= 4 is 39.0 Å². The highest BCUT2D eigenvalue weighted by molar-refractivity contribution is 7.22. The summed E-state index contributed by atoms with van der Waals surface area (Å²) in [4.78, 5) is 12.5. The molecule has 4 nitrogen and oxygen atoms in total. The maximum absolute atomic E-state index is 13.1. The van der Waals surface area contributed by atoms with Crippen LogP contribution in [-0.4, -0.2) is 15.0 Å². The smallest absolute Gasteiger partial charge is 0.227 e. The van der Waals surface area contributed by atoms with Gasteiger partial charge in [0.25, 0.3) is 0 Å². The van der Waals surface area contributed by atoms with Crippen molar-refractivity contribution in [3.05, 3.63) is 35.4 Å². The van der Waals surface area contributed by atoms with Crippen molar-refractivity contribution in [3.8, 4) is 10.7 Å². The maximum Gasteiger partial charge on any atom is 0.227 e. The molecular weight excluding hydrogens is 275 g/mol. The standard InChI is InChI=1S/C11H6ClFN4S/c12-10-15-9(16-11(14)17-10)8-3-5-1-2-6(13)4-7(5)18-8/h1-4H,(H2,14,15,16,17). The lowest BCUT2D eigenvalue weighted by atomic mass is 10.2. The number of nitrogen functional groups attached to an aromatic ring is 1. The molecule has 0 spiro atoms. The Kier molecular flexibility index (Phi) is 2.61. The van der Waals surface area contributed by atoms with E-state index < -0.39 is 0 Å². The molecule has 0 atom stereocenters. The maximum atomic E-state index is 13.1. The monoisotopic (exact) mass is 280 g/mol. The first-order chi connectivity index (χ1) is 8.61. The van der Waals surface area contributed by atoms with Crippen molar-refractivity contribution < 1.29 is 4.39 Å². The van der Waals surface area contributed by atoms with Gasteiger partial charge in [0.1, 0.15) is 5.82 Å². The third-order valence-electron chi connectivity index (χ3n) is 2.33. The van der Waals surface area contributed by atoms with Crippen LogP contribution in [0.25, 0.3) is 20.8 Å². The highest BCUT2D eigenvalue weighted by Gasteiger charge is 2.10. The van der Waals surface area contributed by atoms with E-state index in [9.17, 15) is 4.39 Å². The molecule has 2 aromatic heterocycles. The molecule has 7 heteroatoms. The van der Waals surface area contributed by atoms with Gasteiger partial charge >= 0.3 is 0 Å². The third kappa shape index (κ3) is 2.00. The van der Waals surface area contributed by atoms with Gasteiger partial charge in [-0.2, -0.15) is 15.0 Å². The summed E-state index contributed by atoms with van der Waals surface area (Å²) in [5.41, 5.74) is 5.51. The van der Waals surface area contributed by atoms with Gasteiger partial charge in [0.05, 0.1) is 4.88 Å². The Morgan fingerprint density at radius 2 is 2.00 bits per heavy atom. The first-order valence-corrected chi connectivity index (χ1v) is 6.18. The second-order valence-electron chi connectivity index (χ2n) is 3.58. The summed E-state index contributed by atoms with van der Waals surface area (Å²) in [7, 11) is 0. The van der Waals surface area contributed by atoms with E-state index in [0.717, 1.165) is 15.0 Å². The number of nitrogens with zero attached hydrogens (tertiary/aromatic N) is 3. The molecule has 0 unspecified atom stereocenters. The van der Waals surface area contributed by atoms with E-state index in [1.54, 1.807) is 6.07 Å². The van der Waals surface area contributed by atoms with Crippen molar-refractivity contribution in [2.75, 3.05) is 5.73 Å². The summed E-state index contributed by atoms with van der Waals surface area (Å²) in [5, 5.41) is 0.965. The van der Waals surface area contributed by atoms with Gasteiger partial charge in [-0.25, -0.2) is 4.39 Å². The highest BCUT2D eigenvalue weighted by atomic mass is 35.5. The summed E-state index contributed by atoms with van der Waals surface area (Å²) < 4.78 is 13.9. The van der Waals surface area contributed by atoms with E-state index in [2.05, 4.69) is 15.0 Å². The van der Waals surface area contributed by atoms with Gasteiger partial charge in [-0.1, -0.05) is 6.07 Å². The minimum atomic E-state index is -0.274. The number of hydrogen-bond donors (Lipinski definition) is 1. The van der Waals surface area contributed by atoms with Crippen LogP contribution in [-0.2, 0) is 0 Å². The fourth-order valence-electron chi connectivity index (χ4n) is 1.59. The summed E-state index contributed by atoms with van der Waals surface area (Å²) in [5.74, 6) is 0.187. The normalized spacial score (nSPS) is 11.0. The number of nitrogens with two attached hydrogens (primary N) is 1. The molecule has 18 heavy (non-hydrogen) atoms. The average molecular weight is 281 g/mol. The van der Waals surface area contributed by atoms with E-state index in [1.165, 1.54) is 23.5 Å². The van der Waals surface area contributed by atoms with Crippen LogP contribution in [0.5, 0.6) is 0 Å². The fourth-order valence-corrected chi connectivity index (χ4v) is 2.78. The van der Waals surface area contributed by atoms with Crippen molar-refractivity contribution in [1.82, 2.24) is 15.0 Å². The Bertz CT molecular complexity index is 723. The first-order valence-electron chi connectivity index (χ1n) is 4.98. The van der Waals surface area contributed by atoms with Crippen LogP contribution in [0.15, 0.2) is 24.3 Å². The first kappa shape index (κ1) is 11.3. The molecule has 2 heterocycles. The number of aromatic nitrogens is 3. The van der Waals surface area contributed by atoms with Gasteiger partial charge in [-0.15, -0.1) is 11.3 Å². The summed E-state index contributed by atoms with van der Waals surface area (Å²) in [6, 6.07) is 6.45. The molecule has 0 aliphatic heterocycles. The van der Waals surface area contributed by atoms with Gasteiger partial charge in [0.15, 0.2) is 5.82 Å². The molecule has 0 aliphatic carbocycles. The Morgan fingerprint density at radius 3 is 2.78 bits per heavy atom. The van der Waals surface area contributed by atoms with Gasteiger partial charge in [-0.05, 0) is 35.2 Å². The zero-order valence-corrected chi connectivity index (χ0v) is 10.5. The Balaban J connectivity index is 2.19. The number of fused-ring (bicyclic) bond motifs is 1. The fraction of sp³-hybridized carbons (Fsp3) is 0. The molecule has 0 saturated carbocycles. The third-order valence-corrected chi connectivity index (χ3v) is 3.59. The molecule has 3 rings (SSSR count). The summed E-state index contributed by atoms with van der Waals surface area (Å²) in [6.07, 6.45) is 0. The van der Waals surface area contributed by atoms with Gasteiger partial charge < -0.3 is 5.73 Å². The molecule has 0 aliphatic rings. The lowest BCUT2D eigenvalue weighted by Crippen LogP contribution is -1.98. The van der Waals surface area contributed by atoms with E-state index in [-0.39, 0.29) is 17.0 Å². The van der Waals surface area contributed by atoms with Gasteiger partial charge in [0.2, 0.25) is 11.2 Å². The van der Waals surface area contributed by atoms with Crippen LogP contribution in [0.1, 0.15) is 0 Å². The molecular formula is C11H6ClFN4S. The Labute approximate surface area is 110 Å². The van der Waals surface area contributed by atoms with Crippen LogP contribution in [0.2, 0.25) is 5.28 Å². The number of hydrogen-bond acceptors (Lipinski definition) is 5. The second kappa shape index (κ2) is 4.15. The topological polar surface area (TPSA) is 64.7 Å². The minimum Gasteiger partial charge on any atom is -0.368 e. The second-order valence-corrected chi connectivity index (χ2v) is 5.00. The van der Waals surface area contributed by atoms with Crippen LogP contribution >= 0.6 is 22.9 Å². The van der Waals surface area contributed by atoms with Crippen LogP contribution in [0.3, 0.4) is 0 Å². The number of anilines is 1. The lowest BCUT2D eigenvalue weighted by molar-refractivity contribution is 0.630. The van der Waals surface area contributed by atoms with Crippen molar-refractivity contribution in [1.29, 1.82) is 0 Å². The van der Waals surface area contributed by atoms with Crippen LogP contribution in [0, 0.1) is 5.82 Å². The predicted octanol–water partition coefficient (Wildman–Crippen LogP) is 3.13. The number of benzene rings is 1. The van der Waals surface area contributed by atoms with Crippen molar-refractivity contribution in [3.63, 3.8) is 0 Å². The van der Waals surface area contributed by atoms with E-state index in [4.69, 9.17) is 17.3 Å². The van der Waals surface area contributed by atoms with Crippen LogP contribution < -0.4 is 5.73 Å². The average Bonchev–Trinajstić information content (AvgIpc) is 2.70. The molecule has 0 bridgehead atoms. The van der Waals surface area contributed by atoms with Gasteiger partial charge in [0, 0.05) is 4.70 Å². The number of rotatable bonds is 1. The van der Waals surface area contributed by atoms with E-state index in [0.29, 0.717) is 5.82 Å². The van der Waals surface area contributed by atoms with Crippen molar-refractivity contribution in [2.24, 2.45) is 0 Å². The number of thiophene rings is 1. The Hall–Kier alpha value is -1.79. The lowest BCUT2D eigenvalue weighted by Gasteiger charge is -1.97. The molecule has 0 fully saturated rings.